The lowest BCUT2D eigenvalue weighted by Gasteiger charge is -2.34. The van der Waals surface area contributed by atoms with Gasteiger partial charge in [-0.05, 0) is 24.3 Å². The summed E-state index contributed by atoms with van der Waals surface area (Å²) in [6, 6.07) is 14.8. The van der Waals surface area contributed by atoms with Crippen molar-refractivity contribution in [3.63, 3.8) is 0 Å². The maximum atomic E-state index is 12.9. The van der Waals surface area contributed by atoms with Crippen LogP contribution in [0.3, 0.4) is 0 Å². The average molecular weight is 471 g/mol. The van der Waals surface area contributed by atoms with Crippen LogP contribution in [0.25, 0.3) is 21.5 Å². The van der Waals surface area contributed by atoms with E-state index in [-0.39, 0.29) is 5.91 Å². The van der Waals surface area contributed by atoms with Crippen LogP contribution >= 0.6 is 11.3 Å². The normalized spacial score (nSPS) is 15.3. The molecule has 2 aromatic carbocycles. The molecule has 0 unspecified atom stereocenters. The van der Waals surface area contributed by atoms with Crippen molar-refractivity contribution in [1.29, 1.82) is 0 Å². The number of piperazine rings is 1. The van der Waals surface area contributed by atoms with Crippen LogP contribution in [0.15, 0.2) is 60.0 Å². The van der Waals surface area contributed by atoms with Gasteiger partial charge in [0.15, 0.2) is 0 Å². The Bertz CT molecular complexity index is 1240. The molecule has 170 valence electrons. The van der Waals surface area contributed by atoms with E-state index in [1.807, 2.05) is 40.6 Å². The largest absolute Gasteiger partial charge is 0.416 e. The molecule has 0 spiro atoms. The van der Waals surface area contributed by atoms with Gasteiger partial charge in [-0.3, -0.25) is 9.69 Å². The minimum Gasteiger partial charge on any atom is -0.351 e. The number of nitrogens with one attached hydrogen (secondary N) is 1. The van der Waals surface area contributed by atoms with E-state index in [0.717, 1.165) is 41.8 Å². The summed E-state index contributed by atoms with van der Waals surface area (Å²) < 4.78 is 38.3. The first kappa shape index (κ1) is 21.7. The van der Waals surface area contributed by atoms with Crippen LogP contribution in [0.5, 0.6) is 0 Å². The molecule has 1 amide bonds. The fraction of sp³-hybridized carbons (Fsp3) is 0.250. The zero-order valence-electron chi connectivity index (χ0n) is 17.6. The first-order chi connectivity index (χ1) is 15.9. The molecule has 1 aliphatic heterocycles. The molecule has 2 aromatic heterocycles. The Morgan fingerprint density at radius 2 is 1.76 bits per heavy atom. The third-order valence-electron chi connectivity index (χ3n) is 5.82. The van der Waals surface area contributed by atoms with Gasteiger partial charge in [0.2, 0.25) is 0 Å². The summed E-state index contributed by atoms with van der Waals surface area (Å²) in [7, 11) is 0. The van der Waals surface area contributed by atoms with Gasteiger partial charge in [-0.25, -0.2) is 4.98 Å². The SMILES string of the molecule is O=C(c1cc2ccccc2[nH]1)N1CCN(Cc2csc(-c3ccc(C(F)(F)F)cc3)n2)CC1. The molecule has 1 aliphatic rings. The number of aromatic amines is 1. The topological polar surface area (TPSA) is 52.2 Å². The van der Waals surface area contributed by atoms with Crippen molar-refractivity contribution in [2.24, 2.45) is 0 Å². The van der Waals surface area contributed by atoms with Gasteiger partial charge in [-0.15, -0.1) is 11.3 Å². The zero-order chi connectivity index (χ0) is 23.0. The minimum absolute atomic E-state index is 0.00379. The second kappa shape index (κ2) is 8.64. The molecule has 4 aromatic rings. The molecule has 1 saturated heterocycles. The fourth-order valence-corrected chi connectivity index (χ4v) is 4.83. The van der Waals surface area contributed by atoms with Gasteiger partial charge in [0, 0.05) is 54.6 Å². The number of hydrogen-bond acceptors (Lipinski definition) is 4. The number of hydrogen-bond donors (Lipinski definition) is 1. The van der Waals surface area contributed by atoms with Crippen molar-refractivity contribution >= 4 is 28.1 Å². The fourth-order valence-electron chi connectivity index (χ4n) is 4.01. The van der Waals surface area contributed by atoms with Gasteiger partial charge in [0.05, 0.1) is 11.3 Å². The highest BCUT2D eigenvalue weighted by Crippen LogP contribution is 2.32. The van der Waals surface area contributed by atoms with Crippen LogP contribution in [0.2, 0.25) is 0 Å². The van der Waals surface area contributed by atoms with E-state index in [4.69, 9.17) is 0 Å². The third kappa shape index (κ3) is 4.65. The lowest BCUT2D eigenvalue weighted by molar-refractivity contribution is -0.137. The van der Waals surface area contributed by atoms with Gasteiger partial charge in [-0.1, -0.05) is 30.3 Å². The Kier molecular flexibility index (Phi) is 5.67. The number of H-pyrrole nitrogens is 1. The van der Waals surface area contributed by atoms with Gasteiger partial charge in [0.25, 0.3) is 5.91 Å². The van der Waals surface area contributed by atoms with Gasteiger partial charge < -0.3 is 9.88 Å². The maximum Gasteiger partial charge on any atom is 0.416 e. The molecule has 0 saturated carbocycles. The van der Waals surface area contributed by atoms with E-state index in [1.54, 1.807) is 0 Å². The highest BCUT2D eigenvalue weighted by Gasteiger charge is 2.30. The van der Waals surface area contributed by atoms with E-state index >= 15 is 0 Å². The molecular formula is C24H21F3N4OS. The first-order valence-corrected chi connectivity index (χ1v) is 11.5. The molecule has 5 rings (SSSR count). The predicted molar refractivity (Wildman–Crippen MR) is 122 cm³/mol. The van der Waals surface area contributed by atoms with Crippen LogP contribution in [0.1, 0.15) is 21.7 Å². The summed E-state index contributed by atoms with van der Waals surface area (Å²) in [4.78, 5) is 24.8. The number of halogens is 3. The average Bonchev–Trinajstić information content (AvgIpc) is 3.46. The highest BCUT2D eigenvalue weighted by molar-refractivity contribution is 7.13. The van der Waals surface area contributed by atoms with Crippen LogP contribution in [-0.2, 0) is 12.7 Å². The lowest BCUT2D eigenvalue weighted by Crippen LogP contribution is -2.48. The number of amides is 1. The molecule has 0 atom stereocenters. The number of fused-ring (bicyclic) bond motifs is 1. The molecule has 1 N–H and O–H groups in total. The second-order valence-electron chi connectivity index (χ2n) is 8.06. The standard InChI is InChI=1S/C24H21F3N4OS/c25-24(26,27)18-7-5-16(6-8-18)22-28-19(15-33-22)14-30-9-11-31(12-10-30)23(32)21-13-17-3-1-2-4-20(17)29-21/h1-8,13,15,29H,9-12,14H2. The molecule has 33 heavy (non-hydrogen) atoms. The number of rotatable bonds is 4. The first-order valence-electron chi connectivity index (χ1n) is 10.6. The van der Waals surface area contributed by atoms with E-state index in [9.17, 15) is 18.0 Å². The number of carbonyl (C=O) groups is 1. The summed E-state index contributed by atoms with van der Waals surface area (Å²) in [6.07, 6.45) is -4.34. The summed E-state index contributed by atoms with van der Waals surface area (Å²) in [5.74, 6) is 0.00379. The molecule has 0 bridgehead atoms. The maximum absolute atomic E-state index is 12.9. The number of aromatic nitrogens is 2. The molecule has 0 aliphatic carbocycles. The van der Waals surface area contributed by atoms with Crippen molar-refractivity contribution in [1.82, 2.24) is 19.8 Å². The van der Waals surface area contributed by atoms with E-state index in [1.165, 1.54) is 23.5 Å². The van der Waals surface area contributed by atoms with Gasteiger partial charge in [-0.2, -0.15) is 13.2 Å². The second-order valence-corrected chi connectivity index (χ2v) is 8.92. The minimum atomic E-state index is -4.34. The molecule has 0 radical (unpaired) electrons. The smallest absolute Gasteiger partial charge is 0.351 e. The van der Waals surface area contributed by atoms with Crippen molar-refractivity contribution in [2.75, 3.05) is 26.2 Å². The number of thiazole rings is 1. The van der Waals surface area contributed by atoms with Crippen molar-refractivity contribution in [3.05, 3.63) is 76.9 Å². The Morgan fingerprint density at radius 3 is 2.45 bits per heavy atom. The third-order valence-corrected chi connectivity index (χ3v) is 6.76. The molecular weight excluding hydrogens is 449 g/mol. The van der Waals surface area contributed by atoms with E-state index < -0.39 is 11.7 Å². The Morgan fingerprint density at radius 1 is 1.03 bits per heavy atom. The zero-order valence-corrected chi connectivity index (χ0v) is 18.4. The number of para-hydroxylation sites is 1. The van der Waals surface area contributed by atoms with Crippen LogP contribution in [0.4, 0.5) is 13.2 Å². The molecule has 1 fully saturated rings. The van der Waals surface area contributed by atoms with Crippen molar-refractivity contribution < 1.29 is 18.0 Å². The molecule has 9 heteroatoms. The summed E-state index contributed by atoms with van der Waals surface area (Å²) in [5.41, 5.74) is 2.44. The summed E-state index contributed by atoms with van der Waals surface area (Å²) in [6.45, 7) is 3.37. The van der Waals surface area contributed by atoms with E-state index in [2.05, 4.69) is 14.9 Å². The van der Waals surface area contributed by atoms with Crippen LogP contribution in [0, 0.1) is 0 Å². The number of carbonyl (C=O) groups excluding carboxylic acids is 1. The highest BCUT2D eigenvalue weighted by atomic mass is 32.1. The summed E-state index contributed by atoms with van der Waals surface area (Å²) >= 11 is 1.42. The van der Waals surface area contributed by atoms with Crippen molar-refractivity contribution in [3.8, 4) is 10.6 Å². The molecule has 5 nitrogen and oxygen atoms in total. The van der Waals surface area contributed by atoms with Gasteiger partial charge >= 0.3 is 6.18 Å². The van der Waals surface area contributed by atoms with Gasteiger partial charge in [0.1, 0.15) is 10.7 Å². The Hall–Kier alpha value is -3.17. The summed E-state index contributed by atoms with van der Waals surface area (Å²) in [5, 5.41) is 3.66. The molecule has 3 heterocycles. The van der Waals surface area contributed by atoms with Crippen molar-refractivity contribution in [2.45, 2.75) is 12.7 Å². The number of alkyl halides is 3. The van der Waals surface area contributed by atoms with Crippen LogP contribution in [-0.4, -0.2) is 51.9 Å². The number of nitrogens with zero attached hydrogens (tertiary/aromatic N) is 3. The number of benzene rings is 2. The Balaban J connectivity index is 1.18. The van der Waals surface area contributed by atoms with E-state index in [0.29, 0.717) is 35.9 Å². The monoisotopic (exact) mass is 470 g/mol. The Labute approximate surface area is 192 Å². The predicted octanol–water partition coefficient (Wildman–Crippen LogP) is 5.27. The lowest BCUT2D eigenvalue weighted by atomic mass is 10.1. The quantitative estimate of drug-likeness (QED) is 0.442. The van der Waals surface area contributed by atoms with Crippen LogP contribution < -0.4 is 0 Å².